The first-order valence-electron chi connectivity index (χ1n) is 9.81. The monoisotopic (exact) mass is 448 g/mol. The van der Waals surface area contributed by atoms with Gasteiger partial charge in [0, 0.05) is 24.6 Å². The molecule has 0 spiro atoms. The van der Waals surface area contributed by atoms with Gasteiger partial charge in [0.2, 0.25) is 0 Å². The van der Waals surface area contributed by atoms with Crippen LogP contribution in [-0.4, -0.2) is 54.9 Å². The molecule has 31 heavy (non-hydrogen) atoms. The number of nitrogens with one attached hydrogen (secondary N) is 2. The van der Waals surface area contributed by atoms with Crippen LogP contribution in [0.4, 0.5) is 5.00 Å². The SMILES string of the molecule is COCCNC(=O)c1c(NC(=O)COC(=O)c2ccc(O)cc2O)sc2c1CCCC2. The number of hydrogen-bond donors (Lipinski definition) is 4. The second-order valence-electron chi connectivity index (χ2n) is 6.99. The van der Waals surface area contributed by atoms with Crippen LogP contribution < -0.4 is 10.6 Å². The van der Waals surface area contributed by atoms with E-state index in [-0.39, 0.29) is 17.2 Å². The number of methoxy groups -OCH3 is 1. The molecule has 9 nitrogen and oxygen atoms in total. The van der Waals surface area contributed by atoms with Crippen LogP contribution in [0.3, 0.4) is 0 Å². The normalized spacial score (nSPS) is 12.7. The third-order valence-corrected chi connectivity index (χ3v) is 5.99. The maximum atomic E-state index is 12.7. The van der Waals surface area contributed by atoms with Crippen molar-refractivity contribution in [2.45, 2.75) is 25.7 Å². The van der Waals surface area contributed by atoms with E-state index in [9.17, 15) is 24.6 Å². The van der Waals surface area contributed by atoms with Gasteiger partial charge < -0.3 is 30.3 Å². The minimum atomic E-state index is -0.907. The van der Waals surface area contributed by atoms with Crippen molar-refractivity contribution in [1.82, 2.24) is 5.32 Å². The Morgan fingerprint density at radius 2 is 1.94 bits per heavy atom. The molecule has 0 bridgehead atoms. The third kappa shape index (κ3) is 5.53. The number of fused-ring (bicyclic) bond motifs is 1. The number of benzene rings is 1. The summed E-state index contributed by atoms with van der Waals surface area (Å²) in [5.74, 6) is -2.44. The number of anilines is 1. The number of phenols is 2. The summed E-state index contributed by atoms with van der Waals surface area (Å²) in [6.45, 7) is 0.132. The van der Waals surface area contributed by atoms with Crippen molar-refractivity contribution >= 4 is 34.1 Å². The number of ether oxygens (including phenoxy) is 2. The van der Waals surface area contributed by atoms with Crippen LogP contribution in [0.1, 0.15) is 44.0 Å². The van der Waals surface area contributed by atoms with Crippen molar-refractivity contribution < 1.29 is 34.1 Å². The maximum absolute atomic E-state index is 12.7. The molecule has 166 valence electrons. The van der Waals surface area contributed by atoms with Crippen LogP contribution in [0.15, 0.2) is 18.2 Å². The summed E-state index contributed by atoms with van der Waals surface area (Å²) >= 11 is 1.36. The highest BCUT2D eigenvalue weighted by Crippen LogP contribution is 2.38. The smallest absolute Gasteiger partial charge is 0.342 e. The van der Waals surface area contributed by atoms with Gasteiger partial charge in [-0.05, 0) is 43.4 Å². The molecule has 1 aliphatic rings. The van der Waals surface area contributed by atoms with Gasteiger partial charge in [-0.1, -0.05) is 0 Å². The number of hydrogen-bond acceptors (Lipinski definition) is 8. The molecule has 0 atom stereocenters. The largest absolute Gasteiger partial charge is 0.508 e. The summed E-state index contributed by atoms with van der Waals surface area (Å²) in [7, 11) is 1.55. The number of aryl methyl sites for hydroxylation is 1. The molecule has 2 amide bonds. The lowest BCUT2D eigenvalue weighted by Crippen LogP contribution is -2.29. The molecule has 0 unspecified atom stereocenters. The van der Waals surface area contributed by atoms with E-state index in [0.29, 0.717) is 23.7 Å². The number of phenolic OH excluding ortho intramolecular Hbond substituents is 2. The zero-order valence-corrected chi connectivity index (χ0v) is 17.8. The fraction of sp³-hybridized carbons (Fsp3) is 0.381. The Morgan fingerprint density at radius 1 is 1.16 bits per heavy atom. The highest BCUT2D eigenvalue weighted by atomic mass is 32.1. The van der Waals surface area contributed by atoms with Crippen molar-refractivity contribution in [2.75, 3.05) is 32.2 Å². The van der Waals surface area contributed by atoms with Crippen LogP contribution in [0.2, 0.25) is 0 Å². The standard InChI is InChI=1S/C21H24N2O7S/c1-29-9-8-22-19(27)18-14-4-2-3-5-16(14)31-20(18)23-17(26)11-30-21(28)13-7-6-12(24)10-15(13)25/h6-7,10,24-25H,2-5,8-9,11H2,1H3,(H,22,27)(H,23,26). The summed E-state index contributed by atoms with van der Waals surface area (Å²) in [6.07, 6.45) is 3.62. The zero-order valence-electron chi connectivity index (χ0n) is 17.0. The van der Waals surface area contributed by atoms with Crippen LogP contribution in [-0.2, 0) is 27.1 Å². The molecule has 1 heterocycles. The Balaban J connectivity index is 1.68. The van der Waals surface area contributed by atoms with E-state index >= 15 is 0 Å². The number of thiophene rings is 1. The number of carbonyl (C=O) groups is 3. The average Bonchev–Trinajstić information content (AvgIpc) is 3.10. The first-order chi connectivity index (χ1) is 14.9. The molecule has 1 aliphatic carbocycles. The summed E-state index contributed by atoms with van der Waals surface area (Å²) in [5.41, 5.74) is 1.23. The van der Waals surface area contributed by atoms with Crippen LogP contribution in [0.5, 0.6) is 11.5 Å². The average molecular weight is 448 g/mol. The van der Waals surface area contributed by atoms with Crippen molar-refractivity contribution in [3.05, 3.63) is 39.8 Å². The summed E-state index contributed by atoms with van der Waals surface area (Å²) < 4.78 is 9.92. The lowest BCUT2D eigenvalue weighted by atomic mass is 9.95. The van der Waals surface area contributed by atoms with Gasteiger partial charge in [0.15, 0.2) is 6.61 Å². The van der Waals surface area contributed by atoms with Gasteiger partial charge >= 0.3 is 5.97 Å². The number of esters is 1. The fourth-order valence-electron chi connectivity index (χ4n) is 3.31. The predicted octanol–water partition coefficient (Wildman–Crippen LogP) is 2.21. The molecule has 4 N–H and O–H groups in total. The molecule has 0 radical (unpaired) electrons. The van der Waals surface area contributed by atoms with Gasteiger partial charge in [-0.2, -0.15) is 0 Å². The van der Waals surface area contributed by atoms with Crippen molar-refractivity contribution in [2.24, 2.45) is 0 Å². The molecule has 10 heteroatoms. The molecular weight excluding hydrogens is 424 g/mol. The van der Waals surface area contributed by atoms with Crippen LogP contribution in [0.25, 0.3) is 0 Å². The molecule has 2 aromatic rings. The highest BCUT2D eigenvalue weighted by Gasteiger charge is 2.26. The minimum absolute atomic E-state index is 0.171. The molecule has 0 fully saturated rings. The lowest BCUT2D eigenvalue weighted by Gasteiger charge is -2.13. The minimum Gasteiger partial charge on any atom is -0.508 e. The second-order valence-corrected chi connectivity index (χ2v) is 8.09. The Hall–Kier alpha value is -3.11. The molecule has 1 aromatic heterocycles. The van der Waals surface area contributed by atoms with Crippen molar-refractivity contribution in [3.63, 3.8) is 0 Å². The molecule has 0 saturated carbocycles. The van der Waals surface area contributed by atoms with E-state index in [1.165, 1.54) is 23.5 Å². The summed E-state index contributed by atoms with van der Waals surface area (Å²) in [5, 5.41) is 24.9. The van der Waals surface area contributed by atoms with Crippen molar-refractivity contribution in [1.29, 1.82) is 0 Å². The summed E-state index contributed by atoms with van der Waals surface area (Å²) in [6, 6.07) is 3.42. The topological polar surface area (TPSA) is 134 Å². The molecule has 1 aromatic carbocycles. The van der Waals surface area contributed by atoms with E-state index < -0.39 is 24.2 Å². The Labute approximate surface area is 183 Å². The number of carbonyl (C=O) groups excluding carboxylic acids is 3. The Bertz CT molecular complexity index is 986. The van der Waals surface area contributed by atoms with Gasteiger partial charge in [0.25, 0.3) is 11.8 Å². The maximum Gasteiger partial charge on any atom is 0.342 e. The van der Waals surface area contributed by atoms with Gasteiger partial charge in [0.05, 0.1) is 12.2 Å². The van der Waals surface area contributed by atoms with E-state index in [0.717, 1.165) is 42.2 Å². The van der Waals surface area contributed by atoms with Gasteiger partial charge in [-0.25, -0.2) is 4.79 Å². The second kappa shape index (κ2) is 10.3. The number of rotatable bonds is 8. The quantitative estimate of drug-likeness (QED) is 0.359. The van der Waals surface area contributed by atoms with Crippen molar-refractivity contribution in [3.8, 4) is 11.5 Å². The Morgan fingerprint density at radius 3 is 2.68 bits per heavy atom. The van der Waals surface area contributed by atoms with Gasteiger partial charge in [-0.15, -0.1) is 11.3 Å². The number of amides is 2. The van der Waals surface area contributed by atoms with E-state index in [1.807, 2.05) is 0 Å². The highest BCUT2D eigenvalue weighted by molar-refractivity contribution is 7.17. The lowest BCUT2D eigenvalue weighted by molar-refractivity contribution is -0.119. The molecule has 0 aliphatic heterocycles. The molecule has 0 saturated heterocycles. The predicted molar refractivity (Wildman–Crippen MR) is 114 cm³/mol. The number of aromatic hydroxyl groups is 2. The van der Waals surface area contributed by atoms with E-state index in [4.69, 9.17) is 9.47 Å². The third-order valence-electron chi connectivity index (χ3n) is 4.78. The zero-order chi connectivity index (χ0) is 22.4. The van der Waals surface area contributed by atoms with E-state index in [2.05, 4.69) is 10.6 Å². The van der Waals surface area contributed by atoms with Gasteiger partial charge in [0.1, 0.15) is 22.1 Å². The first kappa shape index (κ1) is 22.6. The van der Waals surface area contributed by atoms with Gasteiger partial charge in [-0.3, -0.25) is 9.59 Å². The van der Waals surface area contributed by atoms with Crippen LogP contribution >= 0.6 is 11.3 Å². The fourth-order valence-corrected chi connectivity index (χ4v) is 4.62. The summed E-state index contributed by atoms with van der Waals surface area (Å²) in [4.78, 5) is 38.3. The first-order valence-corrected chi connectivity index (χ1v) is 10.6. The molecule has 3 rings (SSSR count). The van der Waals surface area contributed by atoms with Crippen LogP contribution in [0, 0.1) is 0 Å². The molecular formula is C21H24N2O7S. The Kier molecular flexibility index (Phi) is 7.48. The van der Waals surface area contributed by atoms with E-state index in [1.54, 1.807) is 7.11 Å².